The molecule has 21 heavy (non-hydrogen) atoms. The number of furan rings is 1. The van der Waals surface area contributed by atoms with Crippen molar-refractivity contribution in [2.24, 2.45) is 0 Å². The Morgan fingerprint density at radius 1 is 0.857 bits per heavy atom. The lowest BCUT2D eigenvalue weighted by Gasteiger charge is -2.00. The third-order valence-corrected chi connectivity index (χ3v) is 3.48. The molecule has 0 radical (unpaired) electrons. The molecule has 0 saturated carbocycles. The van der Waals surface area contributed by atoms with E-state index in [1.54, 1.807) is 12.1 Å². The number of rotatable bonds is 2. The van der Waals surface area contributed by atoms with Crippen molar-refractivity contribution < 1.29 is 9.21 Å². The van der Waals surface area contributed by atoms with Gasteiger partial charge in [0.2, 0.25) is 5.78 Å². The zero-order valence-electron chi connectivity index (χ0n) is 11.1. The van der Waals surface area contributed by atoms with Gasteiger partial charge in [0.25, 0.3) is 0 Å². The minimum atomic E-state index is -0.197. The highest BCUT2D eigenvalue weighted by Gasteiger charge is 2.16. The maximum Gasteiger partial charge on any atom is 0.246 e. The van der Waals surface area contributed by atoms with Gasteiger partial charge in [-0.15, -0.1) is 0 Å². The van der Waals surface area contributed by atoms with Gasteiger partial charge >= 0.3 is 0 Å². The first kappa shape index (κ1) is 11.9. The topological polar surface area (TPSA) is 43.1 Å². The molecule has 100 valence electrons. The number of fused-ring (bicyclic) bond motifs is 2. The number of aromatic nitrogens is 1. The Bertz CT molecular complexity index is 936. The quantitative estimate of drug-likeness (QED) is 0.514. The highest BCUT2D eigenvalue weighted by molar-refractivity contribution is 6.08. The summed E-state index contributed by atoms with van der Waals surface area (Å²) in [6.45, 7) is 0. The summed E-state index contributed by atoms with van der Waals surface area (Å²) in [7, 11) is 0. The van der Waals surface area contributed by atoms with Gasteiger partial charge in [-0.3, -0.25) is 4.79 Å². The van der Waals surface area contributed by atoms with Gasteiger partial charge in [-0.05, 0) is 24.3 Å². The van der Waals surface area contributed by atoms with Crippen LogP contribution in [0.4, 0.5) is 0 Å². The molecule has 0 unspecified atom stereocenters. The molecule has 0 N–H and O–H groups in total. The van der Waals surface area contributed by atoms with Crippen molar-refractivity contribution in [3.8, 4) is 0 Å². The van der Waals surface area contributed by atoms with Crippen LogP contribution in [-0.4, -0.2) is 10.8 Å². The predicted molar refractivity (Wildman–Crippen MR) is 81.4 cm³/mol. The number of benzene rings is 2. The van der Waals surface area contributed by atoms with E-state index in [-0.39, 0.29) is 5.78 Å². The molecular weight excluding hydrogens is 262 g/mol. The lowest BCUT2D eigenvalue weighted by atomic mass is 10.1. The monoisotopic (exact) mass is 273 g/mol. The highest BCUT2D eigenvalue weighted by atomic mass is 16.3. The number of carbonyl (C=O) groups excluding carboxylic acids is 1. The van der Waals surface area contributed by atoms with Crippen molar-refractivity contribution in [1.82, 2.24) is 4.98 Å². The van der Waals surface area contributed by atoms with Crippen LogP contribution in [0.3, 0.4) is 0 Å². The summed E-state index contributed by atoms with van der Waals surface area (Å²) < 4.78 is 5.61. The fraction of sp³-hybridized carbons (Fsp3) is 0. The van der Waals surface area contributed by atoms with Crippen LogP contribution in [0, 0.1) is 0 Å². The van der Waals surface area contributed by atoms with E-state index in [1.165, 1.54) is 0 Å². The zero-order valence-corrected chi connectivity index (χ0v) is 11.1. The predicted octanol–water partition coefficient (Wildman–Crippen LogP) is 4.21. The van der Waals surface area contributed by atoms with Crippen LogP contribution in [0.2, 0.25) is 0 Å². The second kappa shape index (κ2) is 4.56. The van der Waals surface area contributed by atoms with Crippen molar-refractivity contribution in [2.75, 3.05) is 0 Å². The molecule has 4 aromatic rings. The molecule has 0 aliphatic rings. The van der Waals surface area contributed by atoms with Crippen molar-refractivity contribution >= 4 is 27.7 Å². The molecule has 3 nitrogen and oxygen atoms in total. The molecular formula is C18H11NO2. The van der Waals surface area contributed by atoms with Crippen LogP contribution >= 0.6 is 0 Å². The molecule has 0 aliphatic heterocycles. The van der Waals surface area contributed by atoms with Gasteiger partial charge in [0, 0.05) is 10.8 Å². The van der Waals surface area contributed by atoms with E-state index < -0.39 is 0 Å². The molecule has 0 atom stereocenters. The van der Waals surface area contributed by atoms with Gasteiger partial charge in [-0.25, -0.2) is 4.98 Å². The summed E-state index contributed by atoms with van der Waals surface area (Å²) in [6.07, 6.45) is 0. The van der Waals surface area contributed by atoms with Crippen molar-refractivity contribution in [1.29, 1.82) is 0 Å². The van der Waals surface area contributed by atoms with Gasteiger partial charge in [0.15, 0.2) is 5.76 Å². The maximum atomic E-state index is 12.5. The minimum absolute atomic E-state index is 0.197. The SMILES string of the molecule is O=C(c1ccc2ccccc2n1)c1cc2ccccc2o1. The highest BCUT2D eigenvalue weighted by Crippen LogP contribution is 2.21. The van der Waals surface area contributed by atoms with Gasteiger partial charge in [-0.2, -0.15) is 0 Å². The van der Waals surface area contributed by atoms with Gasteiger partial charge in [0.05, 0.1) is 5.52 Å². The third-order valence-electron chi connectivity index (χ3n) is 3.48. The fourth-order valence-electron chi connectivity index (χ4n) is 2.41. The summed E-state index contributed by atoms with van der Waals surface area (Å²) in [6, 6.07) is 20.7. The van der Waals surface area contributed by atoms with Crippen molar-refractivity contribution in [2.45, 2.75) is 0 Å². The molecule has 0 aliphatic carbocycles. The summed E-state index contributed by atoms with van der Waals surface area (Å²) >= 11 is 0. The number of hydrogen-bond acceptors (Lipinski definition) is 3. The first-order chi connectivity index (χ1) is 10.3. The van der Waals surface area contributed by atoms with E-state index in [1.807, 2.05) is 54.6 Å². The molecule has 0 saturated heterocycles. The zero-order chi connectivity index (χ0) is 14.2. The number of carbonyl (C=O) groups is 1. The van der Waals surface area contributed by atoms with E-state index in [0.29, 0.717) is 17.0 Å². The van der Waals surface area contributed by atoms with Crippen molar-refractivity contribution in [3.05, 3.63) is 78.2 Å². The smallest absolute Gasteiger partial charge is 0.246 e. The average molecular weight is 273 g/mol. The molecule has 2 aromatic heterocycles. The average Bonchev–Trinajstić information content (AvgIpc) is 2.97. The summed E-state index contributed by atoms with van der Waals surface area (Å²) in [4.78, 5) is 16.9. The number of nitrogens with zero attached hydrogens (tertiary/aromatic N) is 1. The maximum absolute atomic E-state index is 12.5. The molecule has 0 spiro atoms. The second-order valence-electron chi connectivity index (χ2n) is 4.87. The van der Waals surface area contributed by atoms with Crippen LogP contribution in [0.25, 0.3) is 21.9 Å². The fourth-order valence-corrected chi connectivity index (χ4v) is 2.41. The minimum Gasteiger partial charge on any atom is -0.453 e. The van der Waals surface area contributed by atoms with E-state index in [0.717, 1.165) is 16.3 Å². The lowest BCUT2D eigenvalue weighted by molar-refractivity contribution is 0.101. The van der Waals surface area contributed by atoms with E-state index in [9.17, 15) is 4.79 Å². The standard InChI is InChI=1S/C18H11NO2/c20-18(17-11-13-6-2-4-8-16(13)21-17)15-10-9-12-5-1-3-7-14(12)19-15/h1-11H. The third kappa shape index (κ3) is 1.99. The van der Waals surface area contributed by atoms with E-state index >= 15 is 0 Å². The lowest BCUT2D eigenvalue weighted by Crippen LogP contribution is -2.02. The molecule has 4 rings (SSSR count). The first-order valence-electron chi connectivity index (χ1n) is 6.70. The molecule has 3 heteroatoms. The van der Waals surface area contributed by atoms with Gasteiger partial charge in [-0.1, -0.05) is 42.5 Å². The second-order valence-corrected chi connectivity index (χ2v) is 4.87. The Morgan fingerprint density at radius 2 is 1.62 bits per heavy atom. The number of para-hydroxylation sites is 2. The molecule has 0 fully saturated rings. The molecule has 0 bridgehead atoms. The Kier molecular flexibility index (Phi) is 2.57. The van der Waals surface area contributed by atoms with Crippen molar-refractivity contribution in [3.63, 3.8) is 0 Å². The summed E-state index contributed by atoms with van der Waals surface area (Å²) in [5, 5.41) is 1.93. The van der Waals surface area contributed by atoms with Crippen LogP contribution in [-0.2, 0) is 0 Å². The van der Waals surface area contributed by atoms with Crippen LogP contribution < -0.4 is 0 Å². The van der Waals surface area contributed by atoms with E-state index in [4.69, 9.17) is 4.42 Å². The Balaban J connectivity index is 1.81. The molecule has 2 aromatic carbocycles. The summed E-state index contributed by atoms with van der Waals surface area (Å²) in [5.74, 6) is 0.121. The van der Waals surface area contributed by atoms with Gasteiger partial charge < -0.3 is 4.42 Å². The van der Waals surface area contributed by atoms with E-state index in [2.05, 4.69) is 4.98 Å². The summed E-state index contributed by atoms with van der Waals surface area (Å²) in [5.41, 5.74) is 1.91. The number of hydrogen-bond donors (Lipinski definition) is 0. The van der Waals surface area contributed by atoms with Crippen LogP contribution in [0.15, 0.2) is 71.1 Å². The Morgan fingerprint density at radius 3 is 2.48 bits per heavy atom. The first-order valence-corrected chi connectivity index (χ1v) is 6.70. The Labute approximate surface area is 120 Å². The van der Waals surface area contributed by atoms with Gasteiger partial charge in [0.1, 0.15) is 11.3 Å². The Hall–Kier alpha value is -2.94. The largest absolute Gasteiger partial charge is 0.453 e. The molecule has 0 amide bonds. The van der Waals surface area contributed by atoms with Crippen LogP contribution in [0.1, 0.15) is 16.2 Å². The number of pyridine rings is 1. The number of ketones is 1. The molecule has 2 heterocycles. The normalized spacial score (nSPS) is 11.0. The van der Waals surface area contributed by atoms with Crippen LogP contribution in [0.5, 0.6) is 0 Å².